The van der Waals surface area contributed by atoms with Crippen LogP contribution in [0, 0.1) is 28.6 Å². The van der Waals surface area contributed by atoms with E-state index < -0.39 is 76.7 Å². The number of hydrazine groups is 1. The van der Waals surface area contributed by atoms with Crippen LogP contribution in [0.25, 0.3) is 11.3 Å². The summed E-state index contributed by atoms with van der Waals surface area (Å²) in [6.45, 7) is 16.3. The van der Waals surface area contributed by atoms with Gasteiger partial charge in [0.2, 0.25) is 11.8 Å². The third kappa shape index (κ3) is 23.7. The summed E-state index contributed by atoms with van der Waals surface area (Å²) in [5.41, 5.74) is 11.9. The van der Waals surface area contributed by atoms with Crippen LogP contribution in [-0.4, -0.2) is 130 Å². The molecule has 4 aromatic rings. The molecular formula is C61H86N6O12. The Bertz CT molecular complexity index is 2470. The van der Waals surface area contributed by atoms with Crippen LogP contribution in [0.4, 0.5) is 4.79 Å². The van der Waals surface area contributed by atoms with Crippen molar-refractivity contribution in [2.24, 2.45) is 34.3 Å². The van der Waals surface area contributed by atoms with Crippen LogP contribution in [0.2, 0.25) is 0 Å². The summed E-state index contributed by atoms with van der Waals surface area (Å²) in [5.74, 6) is -4.39. The van der Waals surface area contributed by atoms with Gasteiger partial charge in [-0.15, -0.1) is 0 Å². The molecule has 0 saturated carbocycles. The van der Waals surface area contributed by atoms with Crippen LogP contribution in [0.5, 0.6) is 0 Å². The Labute approximate surface area is 467 Å². The van der Waals surface area contributed by atoms with Crippen molar-refractivity contribution in [3.63, 3.8) is 0 Å². The highest BCUT2D eigenvalue weighted by Gasteiger charge is 2.40. The lowest BCUT2D eigenvalue weighted by Gasteiger charge is -2.37. The number of ketones is 1. The number of ether oxygens (including phenoxy) is 6. The maximum Gasteiger partial charge on any atom is 0.407 e. The van der Waals surface area contributed by atoms with Crippen molar-refractivity contribution in [2.45, 2.75) is 118 Å². The van der Waals surface area contributed by atoms with Gasteiger partial charge in [-0.05, 0) is 58.4 Å². The first-order chi connectivity index (χ1) is 37.6. The molecule has 0 radical (unpaired) electrons. The summed E-state index contributed by atoms with van der Waals surface area (Å²) < 4.78 is 33.2. The van der Waals surface area contributed by atoms with Crippen LogP contribution in [0.15, 0.2) is 109 Å². The number of alkyl carbamates (subject to hydrolysis) is 1. The molecule has 5 N–H and O–H groups in total. The molecule has 0 saturated heterocycles. The number of nitrogens with one attached hydrogen (secondary N) is 3. The van der Waals surface area contributed by atoms with E-state index in [0.717, 1.165) is 27.9 Å². The number of aromatic nitrogens is 1. The number of nitrogens with zero attached hydrogens (tertiary/aromatic N) is 2. The summed E-state index contributed by atoms with van der Waals surface area (Å²) in [6.07, 6.45) is -0.157. The molecule has 79 heavy (non-hydrogen) atoms. The van der Waals surface area contributed by atoms with Gasteiger partial charge < -0.3 is 44.8 Å². The standard InChI is InChI=1S/C61H86N6O12/c1-42(2)35-49(62)57(71)64-51(37-44-21-15-12-16-22-44)58(72)79-53(41-67(66-56(70)48(60(3,4)5)39-54(69)75-10)40-45-24-26-46(27-25-45)50-23-17-18-28-63-50)47(36-43-19-13-11-14-20-43)38-52(68)55(61(6,7)8)65-59(73)78-34-33-77-32-31-76-30-29-74-9/h11-28,42,47-49,51,53,55H,29-41,62H2,1-10H3,(H,64,71)(H,65,73)(H,66,70)/t47-,48-,49+,51+,53+,55-/m1/s1. The number of esters is 2. The van der Waals surface area contributed by atoms with E-state index in [4.69, 9.17) is 34.2 Å². The van der Waals surface area contributed by atoms with Crippen LogP contribution in [0.1, 0.15) is 91.3 Å². The maximum absolute atomic E-state index is 15.2. The van der Waals surface area contributed by atoms with Crippen LogP contribution in [0.3, 0.4) is 0 Å². The molecule has 3 amide bonds. The Hall–Kier alpha value is -6.57. The number of methoxy groups -OCH3 is 2. The van der Waals surface area contributed by atoms with E-state index in [9.17, 15) is 19.2 Å². The van der Waals surface area contributed by atoms with E-state index >= 15 is 9.59 Å². The van der Waals surface area contributed by atoms with Gasteiger partial charge in [-0.2, -0.15) is 0 Å². The number of hydrogen-bond donors (Lipinski definition) is 4. The number of hydrogen-bond acceptors (Lipinski definition) is 15. The second-order valence-corrected chi connectivity index (χ2v) is 22.3. The summed E-state index contributed by atoms with van der Waals surface area (Å²) in [4.78, 5) is 89.6. The molecule has 0 spiro atoms. The number of rotatable bonds is 33. The number of carbonyl (C=O) groups is 6. The number of pyridine rings is 1. The maximum atomic E-state index is 15.2. The lowest BCUT2D eigenvalue weighted by atomic mass is 9.78. The van der Waals surface area contributed by atoms with E-state index in [1.807, 2.05) is 159 Å². The fourth-order valence-corrected chi connectivity index (χ4v) is 8.85. The SMILES string of the molecule is COCCOCCOCCOC(=O)N[C@H](C(=O)C[C@@H](Cc1ccccc1)[C@H](CN(Cc1ccc(-c2ccccn2)cc1)NC(=O)[C@@H](CC(=O)OC)C(C)(C)C)OC(=O)[C@H](Cc1ccccc1)NC(=O)[C@@H](N)CC(C)C)C(C)(C)C. The highest BCUT2D eigenvalue weighted by atomic mass is 16.6. The molecule has 18 heteroatoms. The summed E-state index contributed by atoms with van der Waals surface area (Å²) in [7, 11) is 2.85. The molecule has 1 heterocycles. The smallest absolute Gasteiger partial charge is 0.407 e. The molecule has 432 valence electrons. The fourth-order valence-electron chi connectivity index (χ4n) is 8.85. The average Bonchev–Trinajstić information content (AvgIpc) is 3.41. The molecule has 0 bridgehead atoms. The van der Waals surface area contributed by atoms with Gasteiger partial charge in [-0.25, -0.2) is 14.6 Å². The zero-order valence-electron chi connectivity index (χ0n) is 48.0. The Morgan fingerprint density at radius 3 is 1.81 bits per heavy atom. The van der Waals surface area contributed by atoms with Crippen LogP contribution in [-0.2, 0) is 71.8 Å². The molecule has 0 fully saturated rings. The molecule has 3 aromatic carbocycles. The van der Waals surface area contributed by atoms with Crippen molar-refractivity contribution in [1.29, 1.82) is 0 Å². The Balaban J connectivity index is 1.83. The van der Waals surface area contributed by atoms with Crippen molar-refractivity contribution >= 4 is 35.6 Å². The zero-order chi connectivity index (χ0) is 58.0. The third-order valence-electron chi connectivity index (χ3n) is 13.2. The first kappa shape index (κ1) is 65.0. The lowest BCUT2D eigenvalue weighted by molar-refractivity contribution is -0.159. The Morgan fingerprint density at radius 2 is 1.25 bits per heavy atom. The first-order valence-corrected chi connectivity index (χ1v) is 27.1. The molecule has 1 aromatic heterocycles. The molecule has 18 nitrogen and oxygen atoms in total. The minimum Gasteiger partial charge on any atom is -0.469 e. The quantitative estimate of drug-likeness (QED) is 0.0157. The Kier molecular flexibility index (Phi) is 27.2. The largest absolute Gasteiger partial charge is 0.469 e. The topological polar surface area (TPSA) is 236 Å². The minimum atomic E-state index is -1.23. The lowest BCUT2D eigenvalue weighted by Crippen LogP contribution is -2.55. The van der Waals surface area contributed by atoms with E-state index in [-0.39, 0.29) is 70.3 Å². The van der Waals surface area contributed by atoms with Crippen molar-refractivity contribution in [3.8, 4) is 11.3 Å². The van der Waals surface area contributed by atoms with Crippen molar-refractivity contribution in [2.75, 3.05) is 60.4 Å². The number of Topliss-reactive ketones (excluding diaryl/α,β-unsaturated/α-hetero) is 1. The number of carbonyl (C=O) groups excluding carboxylic acids is 6. The normalized spacial score (nSPS) is 14.0. The monoisotopic (exact) mass is 1090 g/mol. The van der Waals surface area contributed by atoms with Crippen molar-refractivity contribution < 1.29 is 57.2 Å². The van der Waals surface area contributed by atoms with Gasteiger partial charge in [0.05, 0.1) is 76.8 Å². The van der Waals surface area contributed by atoms with Crippen molar-refractivity contribution in [1.82, 2.24) is 26.1 Å². The van der Waals surface area contributed by atoms with Crippen LogP contribution < -0.4 is 21.8 Å². The molecule has 0 aliphatic heterocycles. The first-order valence-electron chi connectivity index (χ1n) is 27.1. The molecule has 0 aliphatic rings. The van der Waals surface area contributed by atoms with Gasteiger partial charge >= 0.3 is 18.0 Å². The van der Waals surface area contributed by atoms with Gasteiger partial charge in [0, 0.05) is 44.2 Å². The summed E-state index contributed by atoms with van der Waals surface area (Å²) in [5, 5.41) is 7.31. The van der Waals surface area contributed by atoms with Gasteiger partial charge in [-0.1, -0.05) is 146 Å². The molecule has 4 rings (SSSR count). The molecule has 6 atom stereocenters. The molecule has 0 aliphatic carbocycles. The summed E-state index contributed by atoms with van der Waals surface area (Å²) >= 11 is 0. The van der Waals surface area contributed by atoms with E-state index in [1.54, 1.807) is 18.3 Å². The molecular weight excluding hydrogens is 1010 g/mol. The average molecular weight is 1100 g/mol. The number of nitrogens with two attached hydrogens (primary N) is 1. The minimum absolute atomic E-state index is 0.0456. The second kappa shape index (κ2) is 33.1. The second-order valence-electron chi connectivity index (χ2n) is 22.3. The van der Waals surface area contributed by atoms with Gasteiger partial charge in [0.1, 0.15) is 18.8 Å². The fraction of sp³-hybridized carbons (Fsp3) is 0.525. The number of benzene rings is 3. The highest BCUT2D eigenvalue weighted by Crippen LogP contribution is 2.31. The predicted molar refractivity (Wildman–Crippen MR) is 302 cm³/mol. The van der Waals surface area contributed by atoms with E-state index in [2.05, 4.69) is 21.0 Å². The third-order valence-corrected chi connectivity index (χ3v) is 13.2. The highest BCUT2D eigenvalue weighted by molar-refractivity contribution is 5.89. The Morgan fingerprint density at radius 1 is 0.658 bits per heavy atom. The zero-order valence-corrected chi connectivity index (χ0v) is 48.0. The van der Waals surface area contributed by atoms with E-state index in [1.165, 1.54) is 7.11 Å². The van der Waals surface area contributed by atoms with E-state index in [0.29, 0.717) is 26.2 Å². The van der Waals surface area contributed by atoms with Gasteiger partial charge in [-0.3, -0.25) is 29.6 Å². The van der Waals surface area contributed by atoms with Gasteiger partial charge in [0.15, 0.2) is 5.78 Å². The molecule has 0 unspecified atom stereocenters. The van der Waals surface area contributed by atoms with Gasteiger partial charge in [0.25, 0.3) is 0 Å². The summed E-state index contributed by atoms with van der Waals surface area (Å²) in [6, 6.07) is 28.6. The van der Waals surface area contributed by atoms with Crippen molar-refractivity contribution in [3.05, 3.63) is 126 Å². The number of amides is 3. The van der Waals surface area contributed by atoms with Crippen LogP contribution >= 0.6 is 0 Å². The predicted octanol–water partition coefficient (Wildman–Crippen LogP) is 7.46.